The summed E-state index contributed by atoms with van der Waals surface area (Å²) in [5.41, 5.74) is -1.68. The number of ether oxygens (including phenoxy) is 4. The normalized spacial score (nSPS) is 35.2. The Morgan fingerprint density at radius 1 is 0.862 bits per heavy atom. The van der Waals surface area contributed by atoms with Crippen LogP contribution in [-0.2, 0) is 28.5 Å². The van der Waals surface area contributed by atoms with Crippen LogP contribution in [0.15, 0.2) is 34.0 Å². The van der Waals surface area contributed by atoms with Crippen molar-refractivity contribution in [1.82, 2.24) is 20.2 Å². The Kier molecular flexibility index (Phi) is 18.4. The van der Waals surface area contributed by atoms with Crippen molar-refractivity contribution >= 4 is 11.8 Å². The number of amides is 2. The Morgan fingerprint density at radius 3 is 2.09 bits per heavy atom. The molecule has 3 aliphatic rings. The van der Waals surface area contributed by atoms with Crippen molar-refractivity contribution in [2.45, 2.75) is 177 Å². The number of hydrogen-bond donors (Lipinski definition) is 11. The first-order valence-corrected chi connectivity index (χ1v) is 20.1. The maximum absolute atomic E-state index is 13.1. The predicted molar refractivity (Wildman–Crippen MR) is 202 cm³/mol. The van der Waals surface area contributed by atoms with Gasteiger partial charge in [-0.15, -0.1) is 0 Å². The summed E-state index contributed by atoms with van der Waals surface area (Å²) in [6.45, 7) is 4.80. The van der Waals surface area contributed by atoms with Gasteiger partial charge in [0.2, 0.25) is 11.8 Å². The van der Waals surface area contributed by atoms with E-state index < -0.39 is 128 Å². The van der Waals surface area contributed by atoms with Gasteiger partial charge in [-0.2, -0.15) is 0 Å². The van der Waals surface area contributed by atoms with Crippen LogP contribution in [0.4, 0.5) is 0 Å². The van der Waals surface area contributed by atoms with Crippen molar-refractivity contribution in [1.29, 1.82) is 0 Å². The van der Waals surface area contributed by atoms with Crippen LogP contribution in [0, 0.1) is 5.92 Å². The average Bonchev–Trinajstić information content (AvgIpc) is 3.48. The molecule has 1 aromatic heterocycles. The Labute approximate surface area is 335 Å². The number of hydrogen-bond acceptors (Lipinski definition) is 16. The number of carbonyl (C=O) groups is 2. The van der Waals surface area contributed by atoms with Crippen molar-refractivity contribution in [2.24, 2.45) is 5.92 Å². The van der Waals surface area contributed by atoms with E-state index in [1.165, 1.54) is 31.8 Å². The number of allylic oxidation sites excluding steroid dienone is 1. The lowest BCUT2D eigenvalue weighted by Gasteiger charge is -2.47. The van der Waals surface area contributed by atoms with Crippen LogP contribution in [0.5, 0.6) is 0 Å². The van der Waals surface area contributed by atoms with Crippen molar-refractivity contribution in [3.05, 3.63) is 45.3 Å². The van der Waals surface area contributed by atoms with Gasteiger partial charge in [0.15, 0.2) is 18.8 Å². The standard InChI is InChI=1S/C38H62N4O16/c1-4-19(2)13-11-9-7-5-6-8-10-12-14-24(46)40-27-31(51)28(48)22(55-37(27)58-36-26(39-20(3)44)30(50)29(49)23(18-43)56-36)17-21(45)34-32(52)33(53)35(57-34)42-16-15-25(47)41-38(42)54/h12,14-16,19,21-23,26-37,43,45,48-53H,4-11,13,17-18H2,1-3H3,(H,39,44)(H,40,46)(H,41,47,54)/b14-12-/t19-,21-,22+,23+,26-,27-,28-,29-,30-,31-,32+,33-,34+,35+,36+,37+/m1/s1. The Balaban J connectivity index is 1.46. The van der Waals surface area contributed by atoms with E-state index in [0.717, 1.165) is 55.4 Å². The monoisotopic (exact) mass is 830 g/mol. The molecule has 2 amide bonds. The molecule has 330 valence electrons. The summed E-state index contributed by atoms with van der Waals surface area (Å²) in [4.78, 5) is 51.1. The van der Waals surface area contributed by atoms with Crippen LogP contribution in [-0.4, -0.2) is 155 Å². The van der Waals surface area contributed by atoms with Crippen LogP contribution in [0.2, 0.25) is 0 Å². The minimum Gasteiger partial charge on any atom is -0.394 e. The van der Waals surface area contributed by atoms with E-state index in [1.807, 2.05) is 4.98 Å². The number of carbonyl (C=O) groups excluding carboxylic acids is 2. The van der Waals surface area contributed by atoms with E-state index in [1.54, 1.807) is 6.08 Å². The third-order valence-corrected chi connectivity index (χ3v) is 11.1. The van der Waals surface area contributed by atoms with Gasteiger partial charge in [0.1, 0.15) is 60.9 Å². The molecule has 0 unspecified atom stereocenters. The molecule has 20 heteroatoms. The molecule has 4 rings (SSSR count). The zero-order valence-electron chi connectivity index (χ0n) is 33.1. The molecule has 3 aliphatic heterocycles. The summed E-state index contributed by atoms with van der Waals surface area (Å²) in [5, 5.41) is 91.4. The van der Waals surface area contributed by atoms with E-state index in [0.29, 0.717) is 6.42 Å². The van der Waals surface area contributed by atoms with E-state index in [-0.39, 0.29) is 0 Å². The number of H-pyrrole nitrogens is 1. The van der Waals surface area contributed by atoms with Gasteiger partial charge in [0, 0.05) is 25.6 Å². The second-order valence-electron chi connectivity index (χ2n) is 15.5. The number of aliphatic hydroxyl groups excluding tert-OH is 8. The third kappa shape index (κ3) is 12.5. The summed E-state index contributed by atoms with van der Waals surface area (Å²) < 4.78 is 24.1. The molecule has 16 atom stereocenters. The highest BCUT2D eigenvalue weighted by Gasteiger charge is 2.53. The molecule has 20 nitrogen and oxygen atoms in total. The summed E-state index contributed by atoms with van der Waals surface area (Å²) in [6, 6.07) is -2.01. The van der Waals surface area contributed by atoms with Gasteiger partial charge in [0.25, 0.3) is 5.56 Å². The SMILES string of the molecule is CC[C@@H](C)CCCCCCCC/C=C\C(=O)N[C@H]1[C@H](O[C@@H]2O[C@@H](CO)[C@@H](O)[C@H](O)[C@H]2NC(C)=O)O[C@@H](C[C@@H](O)[C@@H]2O[C@H](n3ccc(=O)[nH]c3=O)[C@H](O)[C@@H]2O)[C@@H](O)[C@@H]1O. The molecule has 0 spiro atoms. The lowest BCUT2D eigenvalue weighted by atomic mass is 9.91. The highest BCUT2D eigenvalue weighted by atomic mass is 16.8. The molecule has 58 heavy (non-hydrogen) atoms. The maximum Gasteiger partial charge on any atom is 0.330 e. The number of unbranched alkanes of at least 4 members (excludes halogenated alkanes) is 6. The molecule has 0 saturated carbocycles. The van der Waals surface area contributed by atoms with Crippen LogP contribution < -0.4 is 21.9 Å². The molecule has 3 fully saturated rings. The third-order valence-electron chi connectivity index (χ3n) is 11.1. The highest BCUT2D eigenvalue weighted by Crippen LogP contribution is 2.34. The number of nitrogens with one attached hydrogen (secondary N) is 3. The van der Waals surface area contributed by atoms with Gasteiger partial charge in [-0.05, 0) is 24.8 Å². The first-order chi connectivity index (χ1) is 27.6. The van der Waals surface area contributed by atoms with Crippen molar-refractivity contribution in [2.75, 3.05) is 6.61 Å². The average molecular weight is 831 g/mol. The van der Waals surface area contributed by atoms with E-state index >= 15 is 0 Å². The molecular formula is C38H62N4O16. The quantitative estimate of drug-likeness (QED) is 0.0479. The minimum absolute atomic E-state index is 0.598. The number of aromatic nitrogens is 2. The molecule has 0 aliphatic carbocycles. The summed E-state index contributed by atoms with van der Waals surface area (Å²) in [7, 11) is 0. The largest absolute Gasteiger partial charge is 0.394 e. The van der Waals surface area contributed by atoms with Crippen LogP contribution in [0.1, 0.15) is 91.2 Å². The van der Waals surface area contributed by atoms with Gasteiger partial charge in [-0.25, -0.2) is 4.79 Å². The summed E-state index contributed by atoms with van der Waals surface area (Å²) in [6.07, 6.45) is -9.03. The molecule has 3 saturated heterocycles. The van der Waals surface area contributed by atoms with Gasteiger partial charge >= 0.3 is 5.69 Å². The maximum atomic E-state index is 13.1. The van der Waals surface area contributed by atoms with Crippen LogP contribution in [0.3, 0.4) is 0 Å². The van der Waals surface area contributed by atoms with E-state index in [9.17, 15) is 60.0 Å². The Bertz CT molecular complexity index is 1590. The number of nitrogens with zero attached hydrogens (tertiary/aromatic N) is 1. The Morgan fingerprint density at radius 2 is 1.47 bits per heavy atom. The molecular weight excluding hydrogens is 768 g/mol. The first kappa shape index (κ1) is 47.6. The topological polar surface area (TPSA) is 312 Å². The number of aliphatic hydroxyl groups is 8. The number of aromatic amines is 1. The molecule has 11 N–H and O–H groups in total. The second-order valence-corrected chi connectivity index (χ2v) is 15.5. The fourth-order valence-electron chi connectivity index (χ4n) is 7.42. The molecule has 4 heterocycles. The van der Waals surface area contributed by atoms with Crippen molar-refractivity contribution in [3.8, 4) is 0 Å². The lowest BCUT2D eigenvalue weighted by Crippen LogP contribution is -2.68. The first-order valence-electron chi connectivity index (χ1n) is 20.1. The van der Waals surface area contributed by atoms with Gasteiger partial charge < -0.3 is 70.4 Å². The Hall–Kier alpha value is -3.12. The minimum atomic E-state index is -1.85. The lowest BCUT2D eigenvalue weighted by molar-refractivity contribution is -0.346. The zero-order valence-corrected chi connectivity index (χ0v) is 33.1. The zero-order chi connectivity index (χ0) is 42.7. The van der Waals surface area contributed by atoms with Gasteiger partial charge in [-0.3, -0.25) is 23.9 Å². The summed E-state index contributed by atoms with van der Waals surface area (Å²) >= 11 is 0. The molecule has 1 aromatic rings. The fourth-order valence-corrected chi connectivity index (χ4v) is 7.42. The van der Waals surface area contributed by atoms with Crippen molar-refractivity contribution in [3.63, 3.8) is 0 Å². The van der Waals surface area contributed by atoms with E-state index in [4.69, 9.17) is 18.9 Å². The number of rotatable bonds is 20. The molecule has 0 radical (unpaired) electrons. The van der Waals surface area contributed by atoms with Crippen LogP contribution in [0.25, 0.3) is 0 Å². The second kappa shape index (κ2) is 22.5. The molecule has 0 aromatic carbocycles. The van der Waals surface area contributed by atoms with Gasteiger partial charge in [0.05, 0.1) is 18.8 Å². The summed E-state index contributed by atoms with van der Waals surface area (Å²) in [5.74, 6) is -0.613. The predicted octanol–water partition coefficient (Wildman–Crippen LogP) is -2.48. The van der Waals surface area contributed by atoms with Gasteiger partial charge in [-0.1, -0.05) is 64.9 Å². The van der Waals surface area contributed by atoms with Crippen LogP contribution >= 0.6 is 0 Å². The smallest absolute Gasteiger partial charge is 0.330 e. The highest BCUT2D eigenvalue weighted by molar-refractivity contribution is 5.87. The molecule has 0 bridgehead atoms. The van der Waals surface area contributed by atoms with Crippen molar-refractivity contribution < 1.29 is 69.4 Å². The van der Waals surface area contributed by atoms with E-state index in [2.05, 4.69) is 24.5 Å². The fraction of sp³-hybridized carbons (Fsp3) is 0.789.